The summed E-state index contributed by atoms with van der Waals surface area (Å²) in [7, 11) is 1.61. The predicted octanol–water partition coefficient (Wildman–Crippen LogP) is 1.83. The molecule has 0 saturated heterocycles. The maximum atomic E-state index is 11.3. The molecule has 0 fully saturated rings. The topological polar surface area (TPSA) is 55.4 Å². The molecule has 4 nitrogen and oxygen atoms in total. The first kappa shape index (κ1) is 14.2. The number of carbonyl (C=O) groups excluding carboxylic acids is 2. The Bertz CT molecular complexity index is 492. The zero-order chi connectivity index (χ0) is 13.9. The summed E-state index contributed by atoms with van der Waals surface area (Å²) in [6, 6.07) is 2.05. The lowest BCUT2D eigenvalue weighted by atomic mass is 9.99. The Morgan fingerprint density at radius 1 is 1.22 bits per heavy atom. The minimum absolute atomic E-state index is 0.300. The van der Waals surface area contributed by atoms with Crippen LogP contribution < -0.4 is 10.1 Å². The highest BCUT2D eigenvalue weighted by Gasteiger charge is 2.14. The molecule has 0 radical (unpaired) electrons. The van der Waals surface area contributed by atoms with Crippen molar-refractivity contribution in [2.24, 2.45) is 0 Å². The van der Waals surface area contributed by atoms with E-state index >= 15 is 0 Å². The van der Waals surface area contributed by atoms with Gasteiger partial charge in [-0.15, -0.1) is 0 Å². The summed E-state index contributed by atoms with van der Waals surface area (Å²) in [6.07, 6.45) is 0. The summed E-state index contributed by atoms with van der Waals surface area (Å²) in [5, 5.41) is 2.59. The van der Waals surface area contributed by atoms with Crippen LogP contribution in [0.5, 0.6) is 5.75 Å². The lowest BCUT2D eigenvalue weighted by Crippen LogP contribution is -2.29. The number of rotatable bonds is 4. The lowest BCUT2D eigenvalue weighted by Gasteiger charge is -2.16. The van der Waals surface area contributed by atoms with Crippen LogP contribution in [0.2, 0.25) is 0 Å². The van der Waals surface area contributed by atoms with Gasteiger partial charge in [-0.25, -0.2) is 0 Å². The third-order valence-electron chi connectivity index (χ3n) is 3.06. The van der Waals surface area contributed by atoms with Gasteiger partial charge in [0, 0.05) is 19.0 Å². The third-order valence-corrected chi connectivity index (χ3v) is 3.06. The first-order chi connectivity index (χ1) is 8.38. The number of methoxy groups -OCH3 is 1. The molecule has 1 N–H and O–H groups in total. The molecule has 0 spiro atoms. The van der Waals surface area contributed by atoms with E-state index in [1.54, 1.807) is 7.11 Å². The molecule has 0 aromatic heterocycles. The van der Waals surface area contributed by atoms with E-state index in [0.717, 1.165) is 28.0 Å². The quantitative estimate of drug-likeness (QED) is 0.828. The Kier molecular flexibility index (Phi) is 4.48. The number of aryl methyl sites for hydroxylation is 2. The summed E-state index contributed by atoms with van der Waals surface area (Å²) in [6.45, 7) is 7.51. The molecule has 98 valence electrons. The predicted molar refractivity (Wildman–Crippen MR) is 69.7 cm³/mol. The van der Waals surface area contributed by atoms with Crippen molar-refractivity contribution in [3.8, 4) is 5.75 Å². The van der Waals surface area contributed by atoms with Crippen LogP contribution >= 0.6 is 0 Å². The normalized spacial score (nSPS) is 10.1. The van der Waals surface area contributed by atoms with E-state index < -0.39 is 11.7 Å². The van der Waals surface area contributed by atoms with Crippen molar-refractivity contribution in [2.75, 3.05) is 7.11 Å². The number of ether oxygens (including phenoxy) is 1. The number of carbonyl (C=O) groups is 2. The Hall–Kier alpha value is -1.84. The fourth-order valence-corrected chi connectivity index (χ4v) is 1.89. The number of hydrogen-bond acceptors (Lipinski definition) is 3. The first-order valence-electron chi connectivity index (χ1n) is 5.81. The Labute approximate surface area is 107 Å². The molecule has 0 atom stereocenters. The van der Waals surface area contributed by atoms with Crippen molar-refractivity contribution in [2.45, 2.75) is 34.2 Å². The van der Waals surface area contributed by atoms with Gasteiger partial charge in [0.25, 0.3) is 5.91 Å². The van der Waals surface area contributed by atoms with Gasteiger partial charge in [0.15, 0.2) is 0 Å². The van der Waals surface area contributed by atoms with E-state index in [-0.39, 0.29) is 0 Å². The van der Waals surface area contributed by atoms with Crippen LogP contribution in [0.25, 0.3) is 0 Å². The number of amides is 1. The lowest BCUT2D eigenvalue weighted by molar-refractivity contribution is -0.136. The highest BCUT2D eigenvalue weighted by molar-refractivity contribution is 6.35. The fraction of sp³-hybridized carbons (Fsp3) is 0.429. The molecule has 1 rings (SSSR count). The fourth-order valence-electron chi connectivity index (χ4n) is 1.89. The van der Waals surface area contributed by atoms with Crippen LogP contribution in [0.4, 0.5) is 0 Å². The van der Waals surface area contributed by atoms with Crippen molar-refractivity contribution < 1.29 is 14.3 Å². The summed E-state index contributed by atoms with van der Waals surface area (Å²) in [4.78, 5) is 22.2. The van der Waals surface area contributed by atoms with Gasteiger partial charge >= 0.3 is 0 Å². The number of hydrogen-bond donors (Lipinski definition) is 1. The van der Waals surface area contributed by atoms with Gasteiger partial charge in [0.05, 0.1) is 7.11 Å². The Morgan fingerprint density at radius 3 is 2.33 bits per heavy atom. The molecule has 0 unspecified atom stereocenters. The Morgan fingerprint density at radius 2 is 1.83 bits per heavy atom. The molecule has 1 aromatic carbocycles. The highest BCUT2D eigenvalue weighted by Crippen LogP contribution is 2.29. The van der Waals surface area contributed by atoms with Crippen LogP contribution in [0.15, 0.2) is 6.07 Å². The van der Waals surface area contributed by atoms with Crippen molar-refractivity contribution in [3.63, 3.8) is 0 Å². The molecule has 0 aliphatic carbocycles. The van der Waals surface area contributed by atoms with Gasteiger partial charge in [0.2, 0.25) is 5.78 Å². The van der Waals surface area contributed by atoms with E-state index in [1.807, 2.05) is 26.8 Å². The standard InChI is InChI=1S/C14H19NO3/c1-8-6-9(2)12(13(18-5)10(8)3)7-15-14(17)11(4)16/h6H,7H2,1-5H3,(H,15,17). The third kappa shape index (κ3) is 2.88. The first-order valence-corrected chi connectivity index (χ1v) is 5.81. The monoisotopic (exact) mass is 249 g/mol. The van der Waals surface area contributed by atoms with E-state index in [9.17, 15) is 9.59 Å². The zero-order valence-corrected chi connectivity index (χ0v) is 11.5. The number of benzene rings is 1. The molecule has 4 heteroatoms. The molecule has 0 heterocycles. The molecule has 1 aromatic rings. The summed E-state index contributed by atoms with van der Waals surface area (Å²) in [5.74, 6) is -0.290. The van der Waals surface area contributed by atoms with E-state index in [2.05, 4.69) is 5.32 Å². The van der Waals surface area contributed by atoms with Gasteiger partial charge in [0.1, 0.15) is 5.75 Å². The molecule has 18 heavy (non-hydrogen) atoms. The average molecular weight is 249 g/mol. The van der Waals surface area contributed by atoms with Crippen molar-refractivity contribution in [1.82, 2.24) is 5.32 Å². The largest absolute Gasteiger partial charge is 0.496 e. The molecule has 0 saturated carbocycles. The van der Waals surface area contributed by atoms with Gasteiger partial charge in [-0.05, 0) is 37.5 Å². The van der Waals surface area contributed by atoms with Crippen molar-refractivity contribution in [3.05, 3.63) is 28.3 Å². The van der Waals surface area contributed by atoms with E-state index in [4.69, 9.17) is 4.74 Å². The van der Waals surface area contributed by atoms with Gasteiger partial charge < -0.3 is 10.1 Å². The van der Waals surface area contributed by atoms with E-state index in [1.165, 1.54) is 6.92 Å². The molecule has 1 amide bonds. The van der Waals surface area contributed by atoms with Crippen LogP contribution in [-0.4, -0.2) is 18.8 Å². The molecule has 0 bridgehead atoms. The van der Waals surface area contributed by atoms with E-state index in [0.29, 0.717) is 6.54 Å². The molecule has 0 aliphatic rings. The van der Waals surface area contributed by atoms with Gasteiger partial charge in [-0.3, -0.25) is 9.59 Å². The maximum Gasteiger partial charge on any atom is 0.287 e. The van der Waals surface area contributed by atoms with Gasteiger partial charge in [-0.1, -0.05) is 6.07 Å². The summed E-state index contributed by atoms with van der Waals surface area (Å²) in [5.41, 5.74) is 4.15. The number of Topliss-reactive ketones (excluding diaryl/α,β-unsaturated/α-hetero) is 1. The second kappa shape index (κ2) is 5.67. The van der Waals surface area contributed by atoms with Crippen molar-refractivity contribution in [1.29, 1.82) is 0 Å². The van der Waals surface area contributed by atoms with Gasteiger partial charge in [-0.2, -0.15) is 0 Å². The number of ketones is 1. The highest BCUT2D eigenvalue weighted by atomic mass is 16.5. The SMILES string of the molecule is COc1c(C)c(C)cc(C)c1CNC(=O)C(C)=O. The van der Waals surface area contributed by atoms with Crippen LogP contribution in [0.3, 0.4) is 0 Å². The van der Waals surface area contributed by atoms with Crippen LogP contribution in [-0.2, 0) is 16.1 Å². The smallest absolute Gasteiger partial charge is 0.287 e. The maximum absolute atomic E-state index is 11.3. The Balaban J connectivity index is 3.05. The molecular weight excluding hydrogens is 230 g/mol. The minimum atomic E-state index is -0.574. The second-order valence-electron chi connectivity index (χ2n) is 4.39. The number of nitrogens with one attached hydrogen (secondary N) is 1. The second-order valence-corrected chi connectivity index (χ2v) is 4.39. The average Bonchev–Trinajstić information content (AvgIpc) is 2.31. The summed E-state index contributed by atoms with van der Waals surface area (Å²) >= 11 is 0. The molecule has 0 aliphatic heterocycles. The minimum Gasteiger partial charge on any atom is -0.496 e. The van der Waals surface area contributed by atoms with Crippen molar-refractivity contribution >= 4 is 11.7 Å². The molecular formula is C14H19NO3. The van der Waals surface area contributed by atoms with Crippen LogP contribution in [0, 0.1) is 20.8 Å². The zero-order valence-electron chi connectivity index (χ0n) is 11.5. The summed E-state index contributed by atoms with van der Waals surface area (Å²) < 4.78 is 5.39. The van der Waals surface area contributed by atoms with Crippen LogP contribution in [0.1, 0.15) is 29.2 Å².